The van der Waals surface area contributed by atoms with E-state index in [1.54, 1.807) is 43.3 Å². The first kappa shape index (κ1) is 20.4. The number of rotatable bonds is 5. The molecule has 0 spiro atoms. The largest absolute Gasteiger partial charge is 0.451 e. The van der Waals surface area contributed by atoms with Crippen molar-refractivity contribution in [2.24, 2.45) is 0 Å². The molecule has 9 heteroatoms. The van der Waals surface area contributed by atoms with Gasteiger partial charge in [0.15, 0.2) is 0 Å². The predicted octanol–water partition coefficient (Wildman–Crippen LogP) is 5.27. The van der Waals surface area contributed by atoms with Crippen LogP contribution in [0, 0.1) is 0 Å². The quantitative estimate of drug-likeness (QED) is 0.447. The van der Waals surface area contributed by atoms with Gasteiger partial charge in [0.25, 0.3) is 0 Å². The summed E-state index contributed by atoms with van der Waals surface area (Å²) < 4.78 is 39.2. The van der Waals surface area contributed by atoms with E-state index in [0.717, 1.165) is 17.3 Å². The molecule has 146 valence electrons. The minimum Gasteiger partial charge on any atom is -0.349 e. The number of carbonyl (C=O) groups is 1. The molecule has 0 aliphatic carbocycles. The SMILES string of the molecule is CC(NC(=O)CSc1nc(C(F)(F)F)nc2ccccc12)c1cccc(Cl)c1. The van der Waals surface area contributed by atoms with Crippen molar-refractivity contribution >= 4 is 40.2 Å². The number of carbonyl (C=O) groups excluding carboxylic acids is 1. The summed E-state index contributed by atoms with van der Waals surface area (Å²) in [5.74, 6) is -1.63. The number of nitrogens with one attached hydrogen (secondary N) is 1. The zero-order chi connectivity index (χ0) is 20.3. The van der Waals surface area contributed by atoms with Gasteiger partial charge in [0.05, 0.1) is 17.3 Å². The van der Waals surface area contributed by atoms with Gasteiger partial charge < -0.3 is 5.32 Å². The molecule has 3 rings (SSSR count). The molecule has 0 saturated carbocycles. The Kier molecular flexibility index (Phi) is 6.10. The maximum Gasteiger partial charge on any atom is 0.451 e. The average Bonchev–Trinajstić information content (AvgIpc) is 2.65. The van der Waals surface area contributed by atoms with Gasteiger partial charge in [-0.25, -0.2) is 9.97 Å². The molecule has 1 N–H and O–H groups in total. The molecular formula is C19H15ClF3N3OS. The van der Waals surface area contributed by atoms with Crippen molar-refractivity contribution in [3.8, 4) is 0 Å². The lowest BCUT2D eigenvalue weighted by molar-refractivity contribution is -0.145. The number of alkyl halides is 3. The normalized spacial score (nSPS) is 12.8. The lowest BCUT2D eigenvalue weighted by Gasteiger charge is -2.15. The van der Waals surface area contributed by atoms with Crippen LogP contribution in [0.1, 0.15) is 24.4 Å². The lowest BCUT2D eigenvalue weighted by atomic mass is 10.1. The average molecular weight is 426 g/mol. The van der Waals surface area contributed by atoms with Crippen molar-refractivity contribution < 1.29 is 18.0 Å². The third-order valence-electron chi connectivity index (χ3n) is 3.89. The summed E-state index contributed by atoms with van der Waals surface area (Å²) in [6.45, 7) is 1.80. The summed E-state index contributed by atoms with van der Waals surface area (Å²) in [5.41, 5.74) is 1.01. The van der Waals surface area contributed by atoms with Gasteiger partial charge in [-0.15, -0.1) is 0 Å². The first-order valence-corrected chi connectivity index (χ1v) is 9.62. The van der Waals surface area contributed by atoms with Crippen molar-refractivity contribution in [1.29, 1.82) is 0 Å². The minimum absolute atomic E-state index is 0.0801. The van der Waals surface area contributed by atoms with Crippen LogP contribution in [-0.4, -0.2) is 21.6 Å². The highest BCUT2D eigenvalue weighted by molar-refractivity contribution is 8.00. The maximum atomic E-state index is 13.1. The van der Waals surface area contributed by atoms with E-state index in [-0.39, 0.29) is 28.2 Å². The molecule has 0 fully saturated rings. The molecule has 4 nitrogen and oxygen atoms in total. The fraction of sp³-hybridized carbons (Fsp3) is 0.211. The molecule has 0 bridgehead atoms. The molecule has 2 aromatic carbocycles. The number of amides is 1. The summed E-state index contributed by atoms with van der Waals surface area (Å²) in [7, 11) is 0. The van der Waals surface area contributed by atoms with E-state index in [2.05, 4.69) is 15.3 Å². The summed E-state index contributed by atoms with van der Waals surface area (Å²) in [4.78, 5) is 19.5. The Labute approximate surface area is 168 Å². The monoisotopic (exact) mass is 425 g/mol. The number of hydrogen-bond acceptors (Lipinski definition) is 4. The number of hydrogen-bond donors (Lipinski definition) is 1. The molecule has 0 radical (unpaired) electrons. The number of halogens is 4. The van der Waals surface area contributed by atoms with Gasteiger partial charge in [-0.2, -0.15) is 13.2 Å². The van der Waals surface area contributed by atoms with Crippen molar-refractivity contribution in [2.75, 3.05) is 5.75 Å². The second-order valence-corrected chi connectivity index (χ2v) is 7.40. The zero-order valence-corrected chi connectivity index (χ0v) is 16.2. The highest BCUT2D eigenvalue weighted by Crippen LogP contribution is 2.32. The van der Waals surface area contributed by atoms with Gasteiger partial charge in [-0.1, -0.05) is 53.7 Å². The molecule has 3 aromatic rings. The fourth-order valence-electron chi connectivity index (χ4n) is 2.56. The van der Waals surface area contributed by atoms with Gasteiger partial charge in [0.2, 0.25) is 11.7 Å². The smallest absolute Gasteiger partial charge is 0.349 e. The highest BCUT2D eigenvalue weighted by atomic mass is 35.5. The van der Waals surface area contributed by atoms with Crippen molar-refractivity contribution in [1.82, 2.24) is 15.3 Å². The Bertz CT molecular complexity index is 1010. The van der Waals surface area contributed by atoms with Crippen LogP contribution in [0.25, 0.3) is 10.9 Å². The predicted molar refractivity (Wildman–Crippen MR) is 103 cm³/mol. The lowest BCUT2D eigenvalue weighted by Crippen LogP contribution is -2.28. The summed E-state index contributed by atoms with van der Waals surface area (Å²) in [5, 5.41) is 3.94. The van der Waals surface area contributed by atoms with E-state index in [1.807, 2.05) is 6.07 Å². The molecule has 0 saturated heterocycles. The number of para-hydroxylation sites is 1. The van der Waals surface area contributed by atoms with Gasteiger partial charge in [0.1, 0.15) is 5.03 Å². The molecule has 1 atom stereocenters. The third kappa shape index (κ3) is 4.94. The van der Waals surface area contributed by atoms with E-state index in [0.29, 0.717) is 10.4 Å². The maximum absolute atomic E-state index is 13.1. The zero-order valence-electron chi connectivity index (χ0n) is 14.6. The summed E-state index contributed by atoms with van der Waals surface area (Å²) in [6, 6.07) is 13.2. The van der Waals surface area contributed by atoms with Crippen LogP contribution in [0.15, 0.2) is 53.6 Å². The molecule has 1 aromatic heterocycles. The summed E-state index contributed by atoms with van der Waals surface area (Å²) in [6.07, 6.45) is -4.66. The molecule has 1 amide bonds. The van der Waals surface area contributed by atoms with Crippen LogP contribution in [-0.2, 0) is 11.0 Å². The number of fused-ring (bicyclic) bond motifs is 1. The Morgan fingerprint density at radius 2 is 1.93 bits per heavy atom. The Morgan fingerprint density at radius 3 is 2.64 bits per heavy atom. The highest BCUT2D eigenvalue weighted by Gasteiger charge is 2.35. The molecule has 1 unspecified atom stereocenters. The van der Waals surface area contributed by atoms with E-state index in [9.17, 15) is 18.0 Å². The van der Waals surface area contributed by atoms with E-state index < -0.39 is 12.0 Å². The Balaban J connectivity index is 1.75. The summed E-state index contributed by atoms with van der Waals surface area (Å²) >= 11 is 6.89. The van der Waals surface area contributed by atoms with Crippen molar-refractivity contribution in [3.63, 3.8) is 0 Å². The van der Waals surface area contributed by atoms with Crippen LogP contribution in [0.4, 0.5) is 13.2 Å². The Hall–Kier alpha value is -2.32. The molecular weight excluding hydrogens is 411 g/mol. The second-order valence-electron chi connectivity index (χ2n) is 6.00. The number of thioether (sulfide) groups is 1. The number of benzene rings is 2. The molecule has 0 aliphatic heterocycles. The van der Waals surface area contributed by atoms with Crippen LogP contribution in [0.5, 0.6) is 0 Å². The fourth-order valence-corrected chi connectivity index (χ4v) is 3.59. The molecule has 28 heavy (non-hydrogen) atoms. The number of aromatic nitrogens is 2. The number of nitrogens with zero attached hydrogens (tertiary/aromatic N) is 2. The molecule has 0 aliphatic rings. The van der Waals surface area contributed by atoms with Gasteiger partial charge in [-0.05, 0) is 30.7 Å². The van der Waals surface area contributed by atoms with Crippen LogP contribution in [0.3, 0.4) is 0 Å². The Morgan fingerprint density at radius 1 is 1.18 bits per heavy atom. The van der Waals surface area contributed by atoms with Gasteiger partial charge in [-0.3, -0.25) is 4.79 Å². The van der Waals surface area contributed by atoms with E-state index >= 15 is 0 Å². The second kappa shape index (κ2) is 8.36. The minimum atomic E-state index is -4.66. The van der Waals surface area contributed by atoms with Gasteiger partial charge in [0, 0.05) is 10.4 Å². The standard InChI is InChI=1S/C19H15ClF3N3OS/c1-11(12-5-4-6-13(20)9-12)24-16(27)10-28-17-14-7-2-3-8-15(14)25-18(26-17)19(21,22)23/h2-9,11H,10H2,1H3,(H,24,27). The van der Waals surface area contributed by atoms with Crippen molar-refractivity contribution in [3.05, 3.63) is 64.9 Å². The van der Waals surface area contributed by atoms with E-state index in [1.165, 1.54) is 6.07 Å². The first-order chi connectivity index (χ1) is 13.2. The first-order valence-electron chi connectivity index (χ1n) is 8.25. The molecule has 1 heterocycles. The third-order valence-corrected chi connectivity index (χ3v) is 5.11. The van der Waals surface area contributed by atoms with Crippen LogP contribution < -0.4 is 5.32 Å². The van der Waals surface area contributed by atoms with Crippen molar-refractivity contribution in [2.45, 2.75) is 24.2 Å². The topological polar surface area (TPSA) is 54.9 Å². The van der Waals surface area contributed by atoms with Gasteiger partial charge >= 0.3 is 6.18 Å². The van der Waals surface area contributed by atoms with Crippen LogP contribution in [0.2, 0.25) is 5.02 Å². The van der Waals surface area contributed by atoms with Crippen LogP contribution >= 0.6 is 23.4 Å². The van der Waals surface area contributed by atoms with E-state index in [4.69, 9.17) is 11.6 Å².